The van der Waals surface area contributed by atoms with Gasteiger partial charge in [0.15, 0.2) is 5.78 Å². The second-order valence-corrected chi connectivity index (χ2v) is 6.43. The largest absolute Gasteiger partial charge is 0.391 e. The van der Waals surface area contributed by atoms with E-state index >= 15 is 0 Å². The number of nitrogens with zero attached hydrogens (tertiary/aromatic N) is 3. The van der Waals surface area contributed by atoms with Crippen molar-refractivity contribution >= 4 is 16.7 Å². The lowest BCUT2D eigenvalue weighted by atomic mass is 9.88. The van der Waals surface area contributed by atoms with Gasteiger partial charge >= 0.3 is 0 Å². The van der Waals surface area contributed by atoms with Gasteiger partial charge in [-0.25, -0.2) is 4.98 Å². The lowest BCUT2D eigenvalue weighted by Gasteiger charge is -2.44. The second kappa shape index (κ2) is 5.54. The fourth-order valence-corrected chi connectivity index (χ4v) is 3.81. The Labute approximate surface area is 133 Å². The zero-order valence-corrected chi connectivity index (χ0v) is 12.8. The summed E-state index contributed by atoms with van der Waals surface area (Å²) in [5.74, 6) is 0.00591. The van der Waals surface area contributed by atoms with E-state index in [1.807, 2.05) is 6.07 Å². The van der Waals surface area contributed by atoms with Crippen molar-refractivity contribution in [3.05, 3.63) is 40.9 Å². The highest BCUT2D eigenvalue weighted by molar-refractivity contribution is 5.85. The molecule has 6 nitrogen and oxygen atoms in total. The number of aliphatic hydroxyl groups is 1. The van der Waals surface area contributed by atoms with Gasteiger partial charge in [0.2, 0.25) is 0 Å². The van der Waals surface area contributed by atoms with E-state index in [9.17, 15) is 14.7 Å². The third kappa shape index (κ3) is 2.38. The summed E-state index contributed by atoms with van der Waals surface area (Å²) in [6.07, 6.45) is 3.00. The van der Waals surface area contributed by atoms with Crippen molar-refractivity contribution in [3.8, 4) is 0 Å². The molecular weight excluding hydrogens is 294 g/mol. The lowest BCUT2D eigenvalue weighted by molar-refractivity contribution is -0.131. The van der Waals surface area contributed by atoms with Gasteiger partial charge in [-0.05, 0) is 31.5 Å². The zero-order chi connectivity index (χ0) is 16.0. The molecule has 2 aliphatic rings. The zero-order valence-electron chi connectivity index (χ0n) is 12.8. The first-order valence-electron chi connectivity index (χ1n) is 8.06. The Balaban J connectivity index is 1.72. The van der Waals surface area contributed by atoms with E-state index in [1.54, 1.807) is 18.2 Å². The molecule has 2 saturated heterocycles. The van der Waals surface area contributed by atoms with E-state index in [1.165, 1.54) is 10.9 Å². The maximum absolute atomic E-state index is 12.7. The van der Waals surface area contributed by atoms with E-state index in [0.717, 1.165) is 19.4 Å². The van der Waals surface area contributed by atoms with Crippen molar-refractivity contribution in [3.63, 3.8) is 0 Å². The van der Waals surface area contributed by atoms with E-state index in [-0.39, 0.29) is 17.4 Å². The van der Waals surface area contributed by atoms with Gasteiger partial charge in [0.25, 0.3) is 5.56 Å². The molecule has 0 radical (unpaired) electrons. The number of carbonyl (C=O) groups excluding carboxylic acids is 1. The van der Waals surface area contributed by atoms with Crippen LogP contribution in [-0.4, -0.2) is 50.6 Å². The molecule has 6 heteroatoms. The fourth-order valence-electron chi connectivity index (χ4n) is 3.81. The van der Waals surface area contributed by atoms with Crippen LogP contribution >= 0.6 is 0 Å². The highest BCUT2D eigenvalue weighted by Gasteiger charge is 2.40. The molecule has 1 N–H and O–H groups in total. The molecule has 2 fully saturated rings. The molecule has 0 unspecified atom stereocenters. The molecule has 1 aromatic carbocycles. The average molecular weight is 313 g/mol. The smallest absolute Gasteiger partial charge is 0.261 e. The van der Waals surface area contributed by atoms with Crippen LogP contribution in [0.25, 0.3) is 10.9 Å². The van der Waals surface area contributed by atoms with Crippen LogP contribution in [0.3, 0.4) is 0 Å². The number of benzene rings is 1. The highest BCUT2D eigenvalue weighted by atomic mass is 16.3. The van der Waals surface area contributed by atoms with Gasteiger partial charge in [-0.2, -0.15) is 0 Å². The third-order valence-electron chi connectivity index (χ3n) is 5.07. The van der Waals surface area contributed by atoms with Gasteiger partial charge in [0.1, 0.15) is 6.04 Å². The van der Waals surface area contributed by atoms with Crippen molar-refractivity contribution in [1.29, 1.82) is 0 Å². The van der Waals surface area contributed by atoms with Crippen molar-refractivity contribution in [1.82, 2.24) is 14.5 Å². The van der Waals surface area contributed by atoms with Crippen LogP contribution in [0.5, 0.6) is 0 Å². The predicted octanol–water partition coefficient (Wildman–Crippen LogP) is 0.736. The molecule has 120 valence electrons. The van der Waals surface area contributed by atoms with Crippen molar-refractivity contribution in [2.45, 2.75) is 37.5 Å². The Morgan fingerprint density at radius 3 is 2.91 bits per heavy atom. The van der Waals surface area contributed by atoms with Crippen LogP contribution in [0.2, 0.25) is 0 Å². The second-order valence-electron chi connectivity index (χ2n) is 6.43. The number of Topliss-reactive ketones (excluding diaryl/α,β-unsaturated/α-hetero) is 1. The summed E-state index contributed by atoms with van der Waals surface area (Å²) in [5, 5.41) is 10.6. The number of para-hydroxylation sites is 1. The Kier molecular flexibility index (Phi) is 3.50. The Hall–Kier alpha value is -2.05. The van der Waals surface area contributed by atoms with Crippen LogP contribution in [0, 0.1) is 0 Å². The van der Waals surface area contributed by atoms with Gasteiger partial charge in [-0.15, -0.1) is 0 Å². The number of aliphatic hydroxyl groups excluding tert-OH is 1. The summed E-state index contributed by atoms with van der Waals surface area (Å²) in [7, 11) is 0. The van der Waals surface area contributed by atoms with Crippen LogP contribution in [-0.2, 0) is 4.79 Å². The number of aromatic nitrogens is 2. The minimum Gasteiger partial charge on any atom is -0.391 e. The summed E-state index contributed by atoms with van der Waals surface area (Å²) in [6, 6.07) is 6.56. The summed E-state index contributed by atoms with van der Waals surface area (Å²) in [4.78, 5) is 31.7. The molecule has 3 atom stereocenters. The molecule has 0 saturated carbocycles. The van der Waals surface area contributed by atoms with Gasteiger partial charge in [0.05, 0.1) is 23.3 Å². The van der Waals surface area contributed by atoms with E-state index in [4.69, 9.17) is 0 Å². The molecule has 2 aliphatic heterocycles. The van der Waals surface area contributed by atoms with Crippen LogP contribution in [0.1, 0.15) is 25.3 Å². The fraction of sp³-hybridized carbons (Fsp3) is 0.471. The summed E-state index contributed by atoms with van der Waals surface area (Å²) in [6.45, 7) is 1.34. The molecule has 0 amide bonds. The van der Waals surface area contributed by atoms with Crippen LogP contribution in [0.4, 0.5) is 0 Å². The monoisotopic (exact) mass is 313 g/mol. The molecular formula is C17H19N3O3. The predicted molar refractivity (Wildman–Crippen MR) is 85.3 cm³/mol. The number of ketones is 1. The average Bonchev–Trinajstić information content (AvgIpc) is 2.56. The number of hydrogen-bond donors (Lipinski definition) is 1. The molecule has 4 rings (SSSR count). The standard InChI is InChI=1S/C17H19N3O3/c21-15-6-3-7-19-9-14(16(22)8-13(15)19)20-10-18-12-5-2-1-4-11(12)17(20)23/h1-2,4-5,10,13-15,21H,3,6-9H2/t13-,14-,15+/m0/s1. The maximum Gasteiger partial charge on any atom is 0.261 e. The first-order chi connectivity index (χ1) is 11.1. The van der Waals surface area contributed by atoms with Crippen molar-refractivity contribution < 1.29 is 9.90 Å². The van der Waals surface area contributed by atoms with Crippen molar-refractivity contribution in [2.24, 2.45) is 0 Å². The SMILES string of the molecule is O=C1C[C@H]2[C@H](O)CCCN2C[C@@H]1n1cnc2ccccc2c1=O. The molecule has 1 aromatic heterocycles. The number of hydrogen-bond acceptors (Lipinski definition) is 5. The normalized spacial score (nSPS) is 28.7. The third-order valence-corrected chi connectivity index (χ3v) is 5.07. The molecule has 0 bridgehead atoms. The summed E-state index contributed by atoms with van der Waals surface area (Å²) in [5.41, 5.74) is 0.466. The maximum atomic E-state index is 12.7. The Bertz CT molecular complexity index is 816. The number of carbonyl (C=O) groups is 1. The molecule has 2 aromatic rings. The molecule has 0 spiro atoms. The Morgan fingerprint density at radius 1 is 1.22 bits per heavy atom. The first kappa shape index (κ1) is 14.5. The number of rotatable bonds is 1. The minimum atomic E-state index is -0.513. The lowest BCUT2D eigenvalue weighted by Crippen LogP contribution is -2.56. The molecule has 0 aliphatic carbocycles. The van der Waals surface area contributed by atoms with Gasteiger partial charge in [-0.3, -0.25) is 19.1 Å². The minimum absolute atomic E-state index is 0.00591. The first-order valence-corrected chi connectivity index (χ1v) is 8.06. The van der Waals surface area contributed by atoms with Crippen LogP contribution < -0.4 is 5.56 Å². The van der Waals surface area contributed by atoms with Gasteiger partial charge in [0, 0.05) is 19.0 Å². The molecule has 3 heterocycles. The highest BCUT2D eigenvalue weighted by Crippen LogP contribution is 2.29. The van der Waals surface area contributed by atoms with Crippen molar-refractivity contribution in [2.75, 3.05) is 13.1 Å². The van der Waals surface area contributed by atoms with E-state index in [0.29, 0.717) is 23.9 Å². The summed E-state index contributed by atoms with van der Waals surface area (Å²) < 4.78 is 1.46. The quantitative estimate of drug-likeness (QED) is 0.840. The molecule has 23 heavy (non-hydrogen) atoms. The number of fused-ring (bicyclic) bond motifs is 2. The topological polar surface area (TPSA) is 75.4 Å². The van der Waals surface area contributed by atoms with Gasteiger partial charge < -0.3 is 5.11 Å². The van der Waals surface area contributed by atoms with E-state index < -0.39 is 12.1 Å². The van der Waals surface area contributed by atoms with Crippen LogP contribution in [0.15, 0.2) is 35.4 Å². The Morgan fingerprint density at radius 2 is 2.04 bits per heavy atom. The van der Waals surface area contributed by atoms with Gasteiger partial charge in [-0.1, -0.05) is 12.1 Å². The number of piperidine rings is 2. The summed E-state index contributed by atoms with van der Waals surface area (Å²) >= 11 is 0. The van der Waals surface area contributed by atoms with E-state index in [2.05, 4.69) is 9.88 Å².